The zero-order chi connectivity index (χ0) is 20.8. The smallest absolute Gasteiger partial charge is 0.236 e. The molecule has 1 amide bonds. The van der Waals surface area contributed by atoms with Crippen LogP contribution in [-0.4, -0.2) is 93.7 Å². The number of carbonyl (C=O) groups is 1. The van der Waals surface area contributed by atoms with Crippen LogP contribution < -0.4 is 5.32 Å². The van der Waals surface area contributed by atoms with Crippen molar-refractivity contribution in [1.82, 2.24) is 34.8 Å². The Kier molecular flexibility index (Phi) is 7.46. The van der Waals surface area contributed by atoms with Crippen molar-refractivity contribution >= 4 is 11.9 Å². The molecule has 1 aromatic heterocycles. The second-order valence-corrected chi connectivity index (χ2v) is 8.48. The number of aryl methyl sites for hydroxylation is 1. The Morgan fingerprint density at radius 1 is 1.17 bits per heavy atom. The second kappa shape index (κ2) is 10.0. The van der Waals surface area contributed by atoms with Crippen molar-refractivity contribution in [2.75, 3.05) is 52.4 Å². The Hall–Kier alpha value is -2.16. The highest BCUT2D eigenvalue weighted by Crippen LogP contribution is 2.21. The first-order chi connectivity index (χ1) is 14.0. The van der Waals surface area contributed by atoms with Crippen LogP contribution in [0.25, 0.3) is 0 Å². The number of likely N-dealkylation sites (tertiary alicyclic amines) is 1. The monoisotopic (exact) mass is 404 g/mol. The minimum absolute atomic E-state index is 0.278. The van der Waals surface area contributed by atoms with E-state index in [0.29, 0.717) is 24.9 Å². The number of aliphatic imine (C=N–C) groups is 1. The Balaban J connectivity index is 1.50. The Labute approximate surface area is 174 Å². The molecule has 0 aromatic carbocycles. The maximum Gasteiger partial charge on any atom is 0.236 e. The number of guanidine groups is 1. The molecule has 2 fully saturated rings. The molecule has 9 nitrogen and oxygen atoms in total. The summed E-state index contributed by atoms with van der Waals surface area (Å²) in [5.41, 5.74) is 0. The van der Waals surface area contributed by atoms with Crippen molar-refractivity contribution in [3.63, 3.8) is 0 Å². The molecule has 29 heavy (non-hydrogen) atoms. The third-order valence-electron chi connectivity index (χ3n) is 5.76. The van der Waals surface area contributed by atoms with Crippen LogP contribution in [0.5, 0.6) is 0 Å². The maximum absolute atomic E-state index is 12.8. The van der Waals surface area contributed by atoms with E-state index in [0.717, 1.165) is 57.6 Å². The summed E-state index contributed by atoms with van der Waals surface area (Å²) in [6.45, 7) is 13.7. The average Bonchev–Trinajstić information content (AvgIpc) is 3.10. The van der Waals surface area contributed by atoms with Gasteiger partial charge in [-0.3, -0.25) is 14.4 Å². The normalized spacial score (nSPS) is 24.1. The van der Waals surface area contributed by atoms with Crippen molar-refractivity contribution < 1.29 is 4.79 Å². The number of amides is 1. The van der Waals surface area contributed by atoms with Gasteiger partial charge < -0.3 is 15.1 Å². The van der Waals surface area contributed by atoms with Crippen molar-refractivity contribution in [3.8, 4) is 0 Å². The van der Waals surface area contributed by atoms with Gasteiger partial charge >= 0.3 is 0 Å². The van der Waals surface area contributed by atoms with Gasteiger partial charge in [0.1, 0.15) is 18.7 Å². The number of aromatic nitrogens is 3. The minimum Gasteiger partial charge on any atom is -0.357 e. The van der Waals surface area contributed by atoms with Gasteiger partial charge in [-0.25, -0.2) is 9.98 Å². The summed E-state index contributed by atoms with van der Waals surface area (Å²) in [6.07, 6.45) is 2.78. The summed E-state index contributed by atoms with van der Waals surface area (Å²) in [4.78, 5) is 28.3. The van der Waals surface area contributed by atoms with Gasteiger partial charge in [-0.2, -0.15) is 5.10 Å². The standard InChI is InChI=1S/C20H36N8O/c1-5-21-20(22-11-18-23-15-24-25(18)4)27-8-6-26(7-9-27)14-19(29)28-12-16(2)10-17(3)13-28/h15-17H,5-14H2,1-4H3,(H,21,22). The number of rotatable bonds is 5. The van der Waals surface area contributed by atoms with Gasteiger partial charge in [0, 0.05) is 52.9 Å². The number of hydrogen-bond acceptors (Lipinski definition) is 5. The van der Waals surface area contributed by atoms with Gasteiger partial charge in [0.2, 0.25) is 5.91 Å². The molecule has 1 N–H and O–H groups in total. The highest BCUT2D eigenvalue weighted by molar-refractivity contribution is 5.80. The molecule has 2 saturated heterocycles. The minimum atomic E-state index is 0.278. The van der Waals surface area contributed by atoms with Crippen LogP contribution >= 0.6 is 0 Å². The van der Waals surface area contributed by atoms with Gasteiger partial charge in [-0.05, 0) is 25.2 Å². The van der Waals surface area contributed by atoms with E-state index in [1.165, 1.54) is 6.42 Å². The van der Waals surface area contributed by atoms with E-state index in [4.69, 9.17) is 4.99 Å². The van der Waals surface area contributed by atoms with E-state index in [1.54, 1.807) is 11.0 Å². The summed E-state index contributed by atoms with van der Waals surface area (Å²) < 4.78 is 1.75. The molecule has 3 heterocycles. The summed E-state index contributed by atoms with van der Waals surface area (Å²) >= 11 is 0. The molecule has 0 saturated carbocycles. The molecule has 1 aromatic rings. The van der Waals surface area contributed by atoms with Crippen molar-refractivity contribution in [1.29, 1.82) is 0 Å². The molecular weight excluding hydrogens is 368 g/mol. The molecule has 3 rings (SSSR count). The highest BCUT2D eigenvalue weighted by Gasteiger charge is 2.28. The van der Waals surface area contributed by atoms with E-state index in [-0.39, 0.29) is 5.91 Å². The van der Waals surface area contributed by atoms with E-state index in [2.05, 4.69) is 50.9 Å². The van der Waals surface area contributed by atoms with Crippen LogP contribution in [0.15, 0.2) is 11.3 Å². The van der Waals surface area contributed by atoms with Crippen LogP contribution in [0.4, 0.5) is 0 Å². The number of nitrogens with one attached hydrogen (secondary N) is 1. The molecule has 2 aliphatic rings. The lowest BCUT2D eigenvalue weighted by Gasteiger charge is -2.39. The highest BCUT2D eigenvalue weighted by atomic mass is 16.2. The van der Waals surface area contributed by atoms with Gasteiger partial charge in [0.15, 0.2) is 5.96 Å². The van der Waals surface area contributed by atoms with Crippen molar-refractivity contribution in [3.05, 3.63) is 12.2 Å². The molecule has 2 atom stereocenters. The SMILES string of the molecule is CCNC(=NCc1ncnn1C)N1CCN(CC(=O)N2CC(C)CC(C)C2)CC1. The third-order valence-corrected chi connectivity index (χ3v) is 5.76. The molecule has 9 heteroatoms. The molecule has 2 unspecified atom stereocenters. The van der Waals surface area contributed by atoms with Gasteiger partial charge in [-0.15, -0.1) is 0 Å². The van der Waals surface area contributed by atoms with E-state index >= 15 is 0 Å². The maximum atomic E-state index is 12.8. The summed E-state index contributed by atoms with van der Waals surface area (Å²) in [7, 11) is 1.88. The topological polar surface area (TPSA) is 81.9 Å². The van der Waals surface area contributed by atoms with E-state index in [9.17, 15) is 4.79 Å². The van der Waals surface area contributed by atoms with Crippen molar-refractivity contribution in [2.24, 2.45) is 23.9 Å². The third kappa shape index (κ3) is 5.91. The lowest BCUT2D eigenvalue weighted by atomic mass is 9.92. The first-order valence-electron chi connectivity index (χ1n) is 10.8. The zero-order valence-corrected chi connectivity index (χ0v) is 18.3. The average molecular weight is 405 g/mol. The molecular formula is C20H36N8O. The van der Waals surface area contributed by atoms with Crippen LogP contribution in [0, 0.1) is 11.8 Å². The molecule has 0 bridgehead atoms. The number of piperidine rings is 1. The Morgan fingerprint density at radius 2 is 1.86 bits per heavy atom. The summed E-state index contributed by atoms with van der Waals surface area (Å²) in [5, 5.41) is 7.47. The largest absolute Gasteiger partial charge is 0.357 e. The quantitative estimate of drug-likeness (QED) is 0.565. The fourth-order valence-electron chi connectivity index (χ4n) is 4.31. The molecule has 2 aliphatic heterocycles. The summed E-state index contributed by atoms with van der Waals surface area (Å²) in [6, 6.07) is 0. The molecule has 0 radical (unpaired) electrons. The number of carbonyl (C=O) groups excluding carboxylic acids is 1. The molecule has 162 valence electrons. The van der Waals surface area contributed by atoms with E-state index in [1.807, 2.05) is 7.05 Å². The van der Waals surface area contributed by atoms with Crippen molar-refractivity contribution in [2.45, 2.75) is 33.7 Å². The fraction of sp³-hybridized carbons (Fsp3) is 0.800. The van der Waals surface area contributed by atoms with Crippen LogP contribution in [0.1, 0.15) is 33.0 Å². The van der Waals surface area contributed by atoms with E-state index < -0.39 is 0 Å². The predicted octanol–water partition coefficient (Wildman–Crippen LogP) is 0.403. The lowest BCUT2D eigenvalue weighted by Crippen LogP contribution is -2.55. The zero-order valence-electron chi connectivity index (χ0n) is 18.3. The number of piperazine rings is 1. The second-order valence-electron chi connectivity index (χ2n) is 8.48. The van der Waals surface area contributed by atoms with Crippen LogP contribution in [0.2, 0.25) is 0 Å². The number of hydrogen-bond donors (Lipinski definition) is 1. The first-order valence-corrected chi connectivity index (χ1v) is 10.8. The fourth-order valence-corrected chi connectivity index (χ4v) is 4.31. The van der Waals surface area contributed by atoms with Gasteiger partial charge in [-0.1, -0.05) is 13.8 Å². The number of nitrogens with zero attached hydrogens (tertiary/aromatic N) is 7. The Morgan fingerprint density at radius 3 is 2.45 bits per heavy atom. The Bertz CT molecular complexity index is 684. The van der Waals surface area contributed by atoms with Gasteiger partial charge in [0.25, 0.3) is 0 Å². The molecule has 0 spiro atoms. The predicted molar refractivity (Wildman–Crippen MR) is 113 cm³/mol. The van der Waals surface area contributed by atoms with Gasteiger partial charge in [0.05, 0.1) is 6.54 Å². The first kappa shape index (κ1) is 21.5. The van der Waals surface area contributed by atoms with Crippen LogP contribution in [0.3, 0.4) is 0 Å². The molecule has 0 aliphatic carbocycles. The van der Waals surface area contributed by atoms with Crippen LogP contribution in [-0.2, 0) is 18.4 Å². The lowest BCUT2D eigenvalue weighted by molar-refractivity contribution is -0.135. The summed E-state index contributed by atoms with van der Waals surface area (Å²) in [5.74, 6) is 3.23.